The zero-order valence-corrected chi connectivity index (χ0v) is 16.5. The second-order valence-corrected chi connectivity index (χ2v) is 9.43. The van der Waals surface area contributed by atoms with Crippen LogP contribution in [0.25, 0.3) is 4.96 Å². The highest BCUT2D eigenvalue weighted by molar-refractivity contribution is 7.89. The molecule has 7 nitrogen and oxygen atoms in total. The number of nitrogens with zero attached hydrogens (tertiary/aromatic N) is 3. The number of aromatic nitrogens is 2. The van der Waals surface area contributed by atoms with Crippen molar-refractivity contribution in [2.75, 3.05) is 13.1 Å². The fourth-order valence-corrected chi connectivity index (χ4v) is 5.59. The summed E-state index contributed by atoms with van der Waals surface area (Å²) in [5.41, 5.74) is 0.778. The lowest BCUT2D eigenvalue weighted by atomic mass is 9.97. The molecule has 10 heteroatoms. The summed E-state index contributed by atoms with van der Waals surface area (Å²) in [5.74, 6) is -1.14. The van der Waals surface area contributed by atoms with E-state index >= 15 is 0 Å². The number of hydrogen-bond acceptors (Lipinski definition) is 5. The molecular formula is C18H19FN4O3S2. The van der Waals surface area contributed by atoms with Crippen molar-refractivity contribution in [3.8, 4) is 0 Å². The maximum atomic E-state index is 13.9. The normalized spacial score (nSPS) is 16.5. The third-order valence-electron chi connectivity index (χ3n) is 4.87. The van der Waals surface area contributed by atoms with Crippen LogP contribution < -0.4 is 5.32 Å². The lowest BCUT2D eigenvalue weighted by molar-refractivity contribution is -0.126. The molecule has 0 spiro atoms. The predicted molar refractivity (Wildman–Crippen MR) is 103 cm³/mol. The van der Waals surface area contributed by atoms with Crippen LogP contribution in [0.2, 0.25) is 0 Å². The van der Waals surface area contributed by atoms with E-state index in [1.54, 1.807) is 0 Å². The highest BCUT2D eigenvalue weighted by Crippen LogP contribution is 2.25. The maximum absolute atomic E-state index is 13.9. The molecule has 1 aliphatic rings. The Bertz CT molecular complexity index is 1070. The molecule has 1 saturated heterocycles. The molecule has 1 fully saturated rings. The van der Waals surface area contributed by atoms with Crippen molar-refractivity contribution in [1.82, 2.24) is 19.0 Å². The van der Waals surface area contributed by atoms with Crippen molar-refractivity contribution in [3.63, 3.8) is 0 Å². The number of halogens is 1. The number of nitrogens with one attached hydrogen (secondary N) is 1. The largest absolute Gasteiger partial charge is 0.350 e. The van der Waals surface area contributed by atoms with Gasteiger partial charge in [-0.2, -0.15) is 4.31 Å². The van der Waals surface area contributed by atoms with Crippen molar-refractivity contribution >= 4 is 32.2 Å². The molecule has 1 N–H and O–H groups in total. The molecule has 0 saturated carbocycles. The lowest BCUT2D eigenvalue weighted by Gasteiger charge is -2.30. The third kappa shape index (κ3) is 3.67. The Labute approximate surface area is 165 Å². The minimum Gasteiger partial charge on any atom is -0.350 e. The predicted octanol–water partition coefficient (Wildman–Crippen LogP) is 2.25. The molecule has 4 rings (SSSR count). The zero-order chi connectivity index (χ0) is 19.7. The highest BCUT2D eigenvalue weighted by Gasteiger charge is 2.33. The highest BCUT2D eigenvalue weighted by atomic mass is 32.2. The number of imidazole rings is 1. The Morgan fingerprint density at radius 1 is 1.29 bits per heavy atom. The number of carbonyl (C=O) groups excluding carboxylic acids is 1. The Morgan fingerprint density at radius 2 is 2.04 bits per heavy atom. The molecule has 1 aliphatic heterocycles. The van der Waals surface area contributed by atoms with E-state index in [2.05, 4.69) is 10.3 Å². The number of fused-ring (bicyclic) bond motifs is 1. The first-order valence-electron chi connectivity index (χ1n) is 8.88. The van der Waals surface area contributed by atoms with E-state index in [4.69, 9.17) is 0 Å². The summed E-state index contributed by atoms with van der Waals surface area (Å²) in [6.45, 7) is 0.713. The van der Waals surface area contributed by atoms with Gasteiger partial charge >= 0.3 is 0 Å². The standard InChI is InChI=1S/C18H19FN4O3S2/c19-15-3-1-2-4-16(15)28(25,26)23-7-5-13(6-8-23)17(24)20-11-14-12-22-9-10-27-18(22)21-14/h1-4,9-10,12-13H,5-8,11H2,(H,20,24). The number of rotatable bonds is 5. The monoisotopic (exact) mass is 422 g/mol. The fourth-order valence-electron chi connectivity index (χ4n) is 3.33. The second kappa shape index (κ2) is 7.61. The molecule has 0 radical (unpaired) electrons. The summed E-state index contributed by atoms with van der Waals surface area (Å²) in [6, 6.07) is 5.34. The maximum Gasteiger partial charge on any atom is 0.245 e. The van der Waals surface area contributed by atoms with Gasteiger partial charge in [-0.05, 0) is 25.0 Å². The van der Waals surface area contributed by atoms with Gasteiger partial charge in [0.05, 0.1) is 12.2 Å². The van der Waals surface area contributed by atoms with E-state index in [-0.39, 0.29) is 29.8 Å². The van der Waals surface area contributed by atoms with E-state index in [1.165, 1.54) is 33.8 Å². The number of carbonyl (C=O) groups is 1. The van der Waals surface area contributed by atoms with Crippen LogP contribution in [0.5, 0.6) is 0 Å². The number of thiazole rings is 1. The fraction of sp³-hybridized carbons (Fsp3) is 0.333. The molecule has 3 heterocycles. The summed E-state index contributed by atoms with van der Waals surface area (Å²) in [6.07, 6.45) is 4.58. The Morgan fingerprint density at radius 3 is 2.75 bits per heavy atom. The van der Waals surface area contributed by atoms with Crippen LogP contribution in [0.15, 0.2) is 46.9 Å². The van der Waals surface area contributed by atoms with Gasteiger partial charge in [-0.25, -0.2) is 17.8 Å². The summed E-state index contributed by atoms with van der Waals surface area (Å²) in [5, 5.41) is 4.81. The van der Waals surface area contributed by atoms with Crippen LogP contribution in [-0.2, 0) is 21.4 Å². The first-order chi connectivity index (χ1) is 13.4. The Balaban J connectivity index is 1.33. The van der Waals surface area contributed by atoms with E-state index < -0.39 is 15.8 Å². The molecular weight excluding hydrogens is 403 g/mol. The van der Waals surface area contributed by atoms with Gasteiger partial charge in [0.1, 0.15) is 10.7 Å². The van der Waals surface area contributed by atoms with Crippen molar-refractivity contribution in [2.24, 2.45) is 5.92 Å². The number of benzene rings is 1. The topological polar surface area (TPSA) is 83.8 Å². The molecule has 1 aromatic carbocycles. The third-order valence-corrected chi connectivity index (χ3v) is 7.57. The molecule has 1 amide bonds. The summed E-state index contributed by atoms with van der Waals surface area (Å²) in [4.78, 5) is 17.4. The molecule has 0 unspecified atom stereocenters. The average molecular weight is 423 g/mol. The minimum absolute atomic E-state index is 0.112. The van der Waals surface area contributed by atoms with Gasteiger partial charge in [-0.1, -0.05) is 12.1 Å². The Kier molecular flexibility index (Phi) is 5.17. The van der Waals surface area contributed by atoms with Crippen molar-refractivity contribution in [1.29, 1.82) is 0 Å². The Hall–Kier alpha value is -2.30. The van der Waals surface area contributed by atoms with Crippen molar-refractivity contribution in [3.05, 3.63) is 53.6 Å². The van der Waals surface area contributed by atoms with Gasteiger partial charge in [0.15, 0.2) is 4.96 Å². The van der Waals surface area contributed by atoms with Crippen LogP contribution in [0.1, 0.15) is 18.5 Å². The van der Waals surface area contributed by atoms with Gasteiger partial charge in [0.2, 0.25) is 15.9 Å². The van der Waals surface area contributed by atoms with Gasteiger partial charge < -0.3 is 5.32 Å². The number of sulfonamides is 1. The summed E-state index contributed by atoms with van der Waals surface area (Å²) in [7, 11) is -3.89. The second-order valence-electron chi connectivity index (χ2n) is 6.65. The van der Waals surface area contributed by atoms with Gasteiger partial charge in [-0.3, -0.25) is 9.20 Å². The zero-order valence-electron chi connectivity index (χ0n) is 14.9. The number of amides is 1. The van der Waals surface area contributed by atoms with Crippen LogP contribution in [-0.4, -0.2) is 41.1 Å². The SMILES string of the molecule is O=C(NCc1cn2ccsc2n1)C1CCN(S(=O)(=O)c2ccccc2F)CC1. The molecule has 0 atom stereocenters. The first kappa shape index (κ1) is 19.0. The molecule has 2 aromatic heterocycles. The number of piperidine rings is 1. The van der Waals surface area contributed by atoms with Crippen LogP contribution in [0, 0.1) is 11.7 Å². The van der Waals surface area contributed by atoms with Crippen LogP contribution in [0.3, 0.4) is 0 Å². The van der Waals surface area contributed by atoms with Crippen LogP contribution in [0.4, 0.5) is 4.39 Å². The smallest absolute Gasteiger partial charge is 0.245 e. The van der Waals surface area contributed by atoms with E-state index in [0.29, 0.717) is 19.4 Å². The number of hydrogen-bond donors (Lipinski definition) is 1. The van der Waals surface area contributed by atoms with Gasteiger partial charge in [-0.15, -0.1) is 11.3 Å². The quantitative estimate of drug-likeness (QED) is 0.684. The van der Waals surface area contributed by atoms with Gasteiger partial charge in [0, 0.05) is 36.8 Å². The van der Waals surface area contributed by atoms with Crippen molar-refractivity contribution in [2.45, 2.75) is 24.3 Å². The molecule has 28 heavy (non-hydrogen) atoms. The molecule has 0 aliphatic carbocycles. The van der Waals surface area contributed by atoms with E-state index in [0.717, 1.165) is 16.7 Å². The molecule has 3 aromatic rings. The average Bonchev–Trinajstić information content (AvgIpc) is 3.28. The molecule has 148 valence electrons. The van der Waals surface area contributed by atoms with Gasteiger partial charge in [0.25, 0.3) is 0 Å². The minimum atomic E-state index is -3.89. The molecule has 0 bridgehead atoms. The first-order valence-corrected chi connectivity index (χ1v) is 11.2. The summed E-state index contributed by atoms with van der Waals surface area (Å²) >= 11 is 1.52. The summed E-state index contributed by atoms with van der Waals surface area (Å²) < 4.78 is 42.3. The lowest BCUT2D eigenvalue weighted by Crippen LogP contribution is -2.43. The van der Waals surface area contributed by atoms with Crippen molar-refractivity contribution < 1.29 is 17.6 Å². The van der Waals surface area contributed by atoms with Crippen LogP contribution >= 0.6 is 11.3 Å². The van der Waals surface area contributed by atoms with E-state index in [9.17, 15) is 17.6 Å². The van der Waals surface area contributed by atoms with E-state index in [1.807, 2.05) is 22.2 Å².